The number of likely N-dealkylation sites (tertiary alicyclic amines) is 1. The monoisotopic (exact) mass is 408 g/mol. The first-order chi connectivity index (χ1) is 14.6. The van der Waals surface area contributed by atoms with E-state index in [2.05, 4.69) is 15.3 Å². The van der Waals surface area contributed by atoms with Gasteiger partial charge in [-0.1, -0.05) is 12.1 Å². The van der Waals surface area contributed by atoms with Crippen molar-refractivity contribution in [2.24, 2.45) is 0 Å². The Morgan fingerprint density at radius 2 is 1.93 bits per heavy atom. The fourth-order valence-electron chi connectivity index (χ4n) is 4.89. The molecule has 2 aliphatic carbocycles. The quantitative estimate of drug-likeness (QED) is 0.793. The number of methoxy groups -OCH3 is 1. The van der Waals surface area contributed by atoms with Gasteiger partial charge in [0, 0.05) is 24.7 Å². The van der Waals surface area contributed by atoms with E-state index in [4.69, 9.17) is 4.74 Å². The predicted molar refractivity (Wildman–Crippen MR) is 114 cm³/mol. The summed E-state index contributed by atoms with van der Waals surface area (Å²) < 4.78 is 5.24. The Labute approximate surface area is 175 Å². The van der Waals surface area contributed by atoms with Gasteiger partial charge in [0.1, 0.15) is 5.75 Å². The summed E-state index contributed by atoms with van der Waals surface area (Å²) in [6.07, 6.45) is 6.25. The fourth-order valence-corrected chi connectivity index (χ4v) is 4.89. The Balaban J connectivity index is 1.21. The number of H-pyrrole nitrogens is 1. The zero-order chi connectivity index (χ0) is 20.7. The number of nitrogens with zero attached hydrogens (tertiary/aromatic N) is 2. The van der Waals surface area contributed by atoms with E-state index >= 15 is 0 Å². The number of aromatic amines is 1. The number of ether oxygens (including phenoxy) is 1. The highest BCUT2D eigenvalue weighted by atomic mass is 16.5. The molecule has 0 spiro atoms. The van der Waals surface area contributed by atoms with Crippen LogP contribution in [0.15, 0.2) is 29.1 Å². The van der Waals surface area contributed by atoms with Crippen molar-refractivity contribution in [2.45, 2.75) is 56.4 Å². The van der Waals surface area contributed by atoms with Gasteiger partial charge >= 0.3 is 0 Å². The molecule has 0 atom stereocenters. The molecule has 1 aromatic heterocycles. The Hall–Kier alpha value is -2.83. The van der Waals surface area contributed by atoms with Crippen molar-refractivity contribution in [2.75, 3.05) is 25.5 Å². The highest BCUT2D eigenvalue weighted by Crippen LogP contribution is 2.50. The first-order valence-electron chi connectivity index (χ1n) is 10.9. The summed E-state index contributed by atoms with van der Waals surface area (Å²) in [6, 6.07) is 8.13. The van der Waals surface area contributed by atoms with Crippen molar-refractivity contribution < 1.29 is 9.53 Å². The Morgan fingerprint density at radius 1 is 1.20 bits per heavy atom. The average Bonchev–Trinajstić information content (AvgIpc) is 3.44. The van der Waals surface area contributed by atoms with Crippen LogP contribution in [-0.4, -0.2) is 47.0 Å². The molecule has 1 aliphatic heterocycles. The third-order valence-corrected chi connectivity index (χ3v) is 6.87. The van der Waals surface area contributed by atoms with E-state index in [0.717, 1.165) is 80.6 Å². The highest BCUT2D eigenvalue weighted by Gasteiger charge is 2.53. The van der Waals surface area contributed by atoms with Crippen molar-refractivity contribution >= 4 is 11.9 Å². The van der Waals surface area contributed by atoms with Crippen LogP contribution in [0.2, 0.25) is 0 Å². The molecule has 1 amide bonds. The number of anilines is 1. The maximum Gasteiger partial charge on any atom is 0.255 e. The highest BCUT2D eigenvalue weighted by molar-refractivity contribution is 5.91. The zero-order valence-electron chi connectivity index (χ0n) is 17.4. The molecule has 1 aromatic carbocycles. The molecule has 158 valence electrons. The second-order valence-corrected chi connectivity index (χ2v) is 8.71. The lowest BCUT2D eigenvalue weighted by molar-refractivity contribution is -0.134. The molecular formula is C23H28N4O3. The normalized spacial score (nSPS) is 20.0. The van der Waals surface area contributed by atoms with E-state index in [1.165, 1.54) is 0 Å². The predicted octanol–water partition coefficient (Wildman–Crippen LogP) is 2.40. The van der Waals surface area contributed by atoms with Gasteiger partial charge in [-0.3, -0.25) is 14.6 Å². The second-order valence-electron chi connectivity index (χ2n) is 8.71. The summed E-state index contributed by atoms with van der Waals surface area (Å²) in [5, 5.41) is 3.39. The summed E-state index contributed by atoms with van der Waals surface area (Å²) in [6.45, 7) is 1.45. The third-order valence-electron chi connectivity index (χ3n) is 6.87. The van der Waals surface area contributed by atoms with E-state index in [-0.39, 0.29) is 22.9 Å². The van der Waals surface area contributed by atoms with Crippen molar-refractivity contribution in [3.63, 3.8) is 0 Å². The van der Waals surface area contributed by atoms with Crippen LogP contribution in [0.1, 0.15) is 48.9 Å². The van der Waals surface area contributed by atoms with Gasteiger partial charge in [-0.2, -0.15) is 0 Å². The summed E-state index contributed by atoms with van der Waals surface area (Å²) in [5.74, 6) is 1.63. The number of fused-ring (bicyclic) bond motifs is 1. The van der Waals surface area contributed by atoms with Gasteiger partial charge in [-0.15, -0.1) is 0 Å². The Bertz CT molecular complexity index is 1000. The maximum absolute atomic E-state index is 13.3. The van der Waals surface area contributed by atoms with E-state index in [1.54, 1.807) is 7.11 Å². The van der Waals surface area contributed by atoms with Crippen LogP contribution >= 0.6 is 0 Å². The van der Waals surface area contributed by atoms with E-state index in [1.807, 2.05) is 29.2 Å². The molecule has 2 N–H and O–H groups in total. The molecule has 2 aromatic rings. The summed E-state index contributed by atoms with van der Waals surface area (Å²) >= 11 is 0. The van der Waals surface area contributed by atoms with Gasteiger partial charge in [-0.05, 0) is 62.6 Å². The molecule has 1 saturated carbocycles. The second kappa shape index (κ2) is 7.45. The largest absolute Gasteiger partial charge is 0.497 e. The lowest BCUT2D eigenvalue weighted by atomic mass is 9.92. The smallest absolute Gasteiger partial charge is 0.255 e. The topological polar surface area (TPSA) is 87.3 Å². The van der Waals surface area contributed by atoms with Gasteiger partial charge in [0.2, 0.25) is 11.9 Å². The lowest BCUT2D eigenvalue weighted by Gasteiger charge is -2.35. The molecule has 2 heterocycles. The lowest BCUT2D eigenvalue weighted by Crippen LogP contribution is -2.46. The van der Waals surface area contributed by atoms with Crippen LogP contribution in [0.25, 0.3) is 0 Å². The Kier molecular flexibility index (Phi) is 4.76. The van der Waals surface area contributed by atoms with Crippen LogP contribution in [0.4, 0.5) is 5.95 Å². The van der Waals surface area contributed by atoms with Crippen molar-refractivity contribution in [1.82, 2.24) is 14.9 Å². The van der Waals surface area contributed by atoms with E-state index in [9.17, 15) is 9.59 Å². The van der Waals surface area contributed by atoms with E-state index in [0.29, 0.717) is 5.95 Å². The van der Waals surface area contributed by atoms with Gasteiger partial charge in [-0.25, -0.2) is 4.98 Å². The number of hydrogen-bond acceptors (Lipinski definition) is 5. The molecule has 3 aliphatic rings. The number of carbonyl (C=O) groups excluding carboxylic acids is 1. The first-order valence-corrected chi connectivity index (χ1v) is 10.9. The molecule has 0 radical (unpaired) electrons. The van der Waals surface area contributed by atoms with Crippen LogP contribution in [0, 0.1) is 0 Å². The number of aromatic nitrogens is 2. The Morgan fingerprint density at radius 3 is 2.60 bits per heavy atom. The van der Waals surface area contributed by atoms with Gasteiger partial charge in [0.25, 0.3) is 5.56 Å². The van der Waals surface area contributed by atoms with Crippen molar-refractivity contribution in [3.8, 4) is 5.75 Å². The van der Waals surface area contributed by atoms with Crippen molar-refractivity contribution in [1.29, 1.82) is 0 Å². The number of rotatable bonds is 5. The minimum atomic E-state index is -0.348. The van der Waals surface area contributed by atoms with Gasteiger partial charge < -0.3 is 15.0 Å². The minimum Gasteiger partial charge on any atom is -0.497 e. The minimum absolute atomic E-state index is 0.0113. The fraction of sp³-hybridized carbons (Fsp3) is 0.522. The molecule has 5 rings (SSSR count). The number of benzene rings is 1. The molecular weight excluding hydrogens is 380 g/mol. The van der Waals surface area contributed by atoms with Crippen LogP contribution < -0.4 is 15.6 Å². The van der Waals surface area contributed by atoms with Crippen LogP contribution in [-0.2, 0) is 23.1 Å². The number of piperidine rings is 1. The van der Waals surface area contributed by atoms with Crippen molar-refractivity contribution in [3.05, 3.63) is 51.4 Å². The number of carbonyl (C=O) groups is 1. The van der Waals surface area contributed by atoms with Gasteiger partial charge in [0.15, 0.2) is 0 Å². The summed E-state index contributed by atoms with van der Waals surface area (Å²) in [5.41, 5.74) is 2.51. The molecule has 0 bridgehead atoms. The number of nitrogens with one attached hydrogen (secondary N) is 2. The first kappa shape index (κ1) is 19.2. The standard InChI is InChI=1S/C23H28N4O3/c1-30-17-7-5-15(6-8-17)23(11-12-23)21(29)27-13-9-16(10-14-27)24-22-25-19-4-2-3-18(19)20(28)26-22/h5-8,16H,2-4,9-14H2,1H3,(H2,24,25,26,28). The van der Waals surface area contributed by atoms with Crippen LogP contribution in [0.3, 0.4) is 0 Å². The SMILES string of the molecule is COc1ccc(C2(C(=O)N3CCC(Nc4nc5c(c(=O)[nH]4)CCC5)CC3)CC2)cc1. The maximum atomic E-state index is 13.3. The van der Waals surface area contributed by atoms with E-state index < -0.39 is 0 Å². The number of hydrogen-bond donors (Lipinski definition) is 2. The molecule has 30 heavy (non-hydrogen) atoms. The summed E-state index contributed by atoms with van der Waals surface area (Å²) in [4.78, 5) is 35.0. The molecule has 2 fully saturated rings. The molecule has 7 heteroatoms. The molecule has 1 saturated heterocycles. The number of amides is 1. The number of aryl methyl sites for hydroxylation is 1. The average molecular weight is 409 g/mol. The zero-order valence-corrected chi connectivity index (χ0v) is 17.4. The third kappa shape index (κ3) is 3.36. The molecule has 0 unspecified atom stereocenters. The summed E-state index contributed by atoms with van der Waals surface area (Å²) in [7, 11) is 1.65. The van der Waals surface area contributed by atoms with Gasteiger partial charge in [0.05, 0.1) is 18.2 Å². The molecule has 7 nitrogen and oxygen atoms in total. The van der Waals surface area contributed by atoms with Crippen LogP contribution in [0.5, 0.6) is 5.75 Å².